The molecule has 1 N–H and O–H groups in total. The summed E-state index contributed by atoms with van der Waals surface area (Å²) in [5.41, 5.74) is -0.999. The number of fused-ring (bicyclic) bond motifs is 1. The molecule has 3 amide bonds. The Balaban J connectivity index is 1.83. The van der Waals surface area contributed by atoms with Crippen LogP contribution >= 0.6 is 0 Å². The Morgan fingerprint density at radius 3 is 2.31 bits per heavy atom. The van der Waals surface area contributed by atoms with E-state index in [2.05, 4.69) is 13.2 Å². The molecule has 1 aromatic carbocycles. The van der Waals surface area contributed by atoms with Crippen molar-refractivity contribution in [3.05, 3.63) is 61.2 Å². The van der Waals surface area contributed by atoms with Gasteiger partial charge in [0.25, 0.3) is 0 Å². The van der Waals surface area contributed by atoms with E-state index in [1.165, 1.54) is 0 Å². The van der Waals surface area contributed by atoms with E-state index >= 15 is 0 Å². The Labute approximate surface area is 251 Å². The summed E-state index contributed by atoms with van der Waals surface area (Å²) in [6, 6.07) is 8.15. The van der Waals surface area contributed by atoms with Crippen molar-refractivity contribution in [2.24, 2.45) is 17.8 Å². The zero-order valence-corrected chi connectivity index (χ0v) is 26.0. The third-order valence-corrected chi connectivity index (χ3v) is 9.58. The molecule has 42 heavy (non-hydrogen) atoms. The molecule has 0 aliphatic carbocycles. The largest absolute Gasteiger partial charge is 0.394 e. The summed E-state index contributed by atoms with van der Waals surface area (Å²) in [7, 11) is 0. The first-order chi connectivity index (χ1) is 20.0. The number of carbonyl (C=O) groups is 3. The van der Waals surface area contributed by atoms with Gasteiger partial charge in [-0.25, -0.2) is 0 Å². The van der Waals surface area contributed by atoms with E-state index in [0.717, 1.165) is 5.56 Å². The van der Waals surface area contributed by atoms with E-state index in [-0.39, 0.29) is 36.3 Å². The summed E-state index contributed by atoms with van der Waals surface area (Å²) in [6.45, 7) is 18.5. The molecule has 3 heterocycles. The van der Waals surface area contributed by atoms with Crippen molar-refractivity contribution < 1.29 is 24.2 Å². The van der Waals surface area contributed by atoms with Gasteiger partial charge in [-0.3, -0.25) is 14.4 Å². The quantitative estimate of drug-likeness (QED) is 0.334. The highest BCUT2D eigenvalue weighted by atomic mass is 16.5. The van der Waals surface area contributed by atoms with Crippen LogP contribution in [0.1, 0.15) is 65.9 Å². The van der Waals surface area contributed by atoms with Gasteiger partial charge in [0.05, 0.1) is 30.1 Å². The molecule has 3 saturated heterocycles. The number of rotatable bonds is 14. The van der Waals surface area contributed by atoms with E-state index in [1.54, 1.807) is 26.9 Å². The second-order valence-corrected chi connectivity index (χ2v) is 12.9. The molecule has 8 nitrogen and oxygen atoms in total. The number of nitrogens with zero attached hydrogens (tertiary/aromatic N) is 3. The number of ether oxygens (including phenoxy) is 1. The number of aliphatic hydroxyl groups excluding tert-OH is 1. The Morgan fingerprint density at radius 2 is 1.76 bits per heavy atom. The van der Waals surface area contributed by atoms with E-state index in [4.69, 9.17) is 4.74 Å². The van der Waals surface area contributed by atoms with Gasteiger partial charge in [-0.15, -0.1) is 13.2 Å². The third-order valence-electron chi connectivity index (χ3n) is 9.58. The summed E-state index contributed by atoms with van der Waals surface area (Å²) in [5, 5.41) is 10.6. The lowest BCUT2D eigenvalue weighted by atomic mass is 9.64. The van der Waals surface area contributed by atoms with Gasteiger partial charge in [0.1, 0.15) is 11.6 Å². The predicted molar refractivity (Wildman–Crippen MR) is 163 cm³/mol. The van der Waals surface area contributed by atoms with E-state index in [1.807, 2.05) is 65.0 Å². The molecule has 6 atom stereocenters. The van der Waals surface area contributed by atoms with Crippen LogP contribution in [0.25, 0.3) is 0 Å². The maximum absolute atomic E-state index is 14.7. The summed E-state index contributed by atoms with van der Waals surface area (Å²) in [4.78, 5) is 48.9. The summed E-state index contributed by atoms with van der Waals surface area (Å²) in [5.74, 6) is -1.99. The van der Waals surface area contributed by atoms with Crippen LogP contribution in [0, 0.1) is 17.8 Å². The first-order valence-electron chi connectivity index (χ1n) is 15.5. The van der Waals surface area contributed by atoms with Crippen molar-refractivity contribution in [1.82, 2.24) is 14.7 Å². The zero-order valence-electron chi connectivity index (χ0n) is 26.0. The Morgan fingerprint density at radius 1 is 1.10 bits per heavy atom. The molecule has 0 radical (unpaired) electrons. The fourth-order valence-corrected chi connectivity index (χ4v) is 7.76. The van der Waals surface area contributed by atoms with Crippen LogP contribution in [0.15, 0.2) is 55.6 Å². The molecular weight excluding hydrogens is 530 g/mol. The number of benzene rings is 1. The first-order valence-corrected chi connectivity index (χ1v) is 15.5. The van der Waals surface area contributed by atoms with Gasteiger partial charge in [-0.1, -0.05) is 63.3 Å². The van der Waals surface area contributed by atoms with Crippen molar-refractivity contribution in [2.75, 3.05) is 19.7 Å². The van der Waals surface area contributed by atoms with Gasteiger partial charge < -0.3 is 24.5 Å². The summed E-state index contributed by atoms with van der Waals surface area (Å²) >= 11 is 0. The average Bonchev–Trinajstić information content (AvgIpc) is 3.57. The van der Waals surface area contributed by atoms with Crippen LogP contribution in [0.4, 0.5) is 0 Å². The van der Waals surface area contributed by atoms with Crippen LogP contribution < -0.4 is 0 Å². The minimum Gasteiger partial charge on any atom is -0.394 e. The van der Waals surface area contributed by atoms with Crippen molar-refractivity contribution in [2.45, 2.75) is 96.2 Å². The lowest BCUT2D eigenvalue weighted by Gasteiger charge is -2.41. The molecule has 3 aliphatic heterocycles. The summed E-state index contributed by atoms with van der Waals surface area (Å²) in [6.07, 6.45) is 5.58. The summed E-state index contributed by atoms with van der Waals surface area (Å²) < 4.78 is 6.98. The highest BCUT2D eigenvalue weighted by Gasteiger charge is 2.79. The van der Waals surface area contributed by atoms with E-state index < -0.39 is 35.1 Å². The molecule has 8 heteroatoms. The minimum absolute atomic E-state index is 0.134. The van der Waals surface area contributed by atoms with E-state index in [9.17, 15) is 19.5 Å². The number of aliphatic hydroxyl groups is 1. The topological polar surface area (TPSA) is 90.4 Å². The van der Waals surface area contributed by atoms with Crippen molar-refractivity contribution >= 4 is 17.7 Å². The van der Waals surface area contributed by atoms with E-state index in [0.29, 0.717) is 45.3 Å². The van der Waals surface area contributed by atoms with Gasteiger partial charge in [-0.05, 0) is 51.0 Å². The molecule has 1 aromatic rings. The van der Waals surface area contributed by atoms with Crippen LogP contribution in [-0.4, -0.2) is 86.6 Å². The highest BCUT2D eigenvalue weighted by Crippen LogP contribution is 2.65. The second kappa shape index (κ2) is 12.7. The van der Waals surface area contributed by atoms with Gasteiger partial charge in [0.2, 0.25) is 17.7 Å². The maximum Gasteiger partial charge on any atom is 0.248 e. The maximum atomic E-state index is 14.7. The molecule has 0 saturated carbocycles. The minimum atomic E-state index is -1.14. The molecule has 3 aliphatic rings. The van der Waals surface area contributed by atoms with Gasteiger partial charge in [0.15, 0.2) is 0 Å². The monoisotopic (exact) mass is 579 g/mol. The molecule has 1 spiro atoms. The predicted octanol–water partition coefficient (Wildman–Crippen LogP) is 4.19. The molecule has 2 bridgehead atoms. The van der Waals surface area contributed by atoms with Crippen LogP contribution in [0.3, 0.4) is 0 Å². The average molecular weight is 580 g/mol. The molecule has 230 valence electrons. The lowest BCUT2D eigenvalue weighted by Crippen LogP contribution is -2.60. The van der Waals surface area contributed by atoms with Crippen molar-refractivity contribution in [3.8, 4) is 0 Å². The number of hydrogen-bond donors (Lipinski definition) is 1. The lowest BCUT2D eigenvalue weighted by molar-refractivity contribution is -0.159. The van der Waals surface area contributed by atoms with Gasteiger partial charge >= 0.3 is 0 Å². The zero-order chi connectivity index (χ0) is 30.8. The van der Waals surface area contributed by atoms with Gasteiger partial charge in [-0.2, -0.15) is 0 Å². The Hall–Kier alpha value is -2.97. The molecule has 0 aromatic heterocycles. The number of hydrogen-bond acceptors (Lipinski definition) is 5. The third kappa shape index (κ3) is 5.32. The number of amides is 3. The van der Waals surface area contributed by atoms with Crippen LogP contribution in [0.5, 0.6) is 0 Å². The highest BCUT2D eigenvalue weighted by molar-refractivity contribution is 5.99. The fraction of sp³-hybridized carbons (Fsp3) is 0.618. The SMILES string of the molecule is C=CCN(Cc1ccccc1)C(=O)[C@@H]1[C@H]2C(=O)N([C@@H](CO)CC(C)C)C(C(=O)N(CC=C)C(C)C)C23CC[C@@]1(CC)O3. The molecule has 3 fully saturated rings. The molecule has 2 unspecified atom stereocenters. The first kappa shape index (κ1) is 32.0. The van der Waals surface area contributed by atoms with Gasteiger partial charge in [0, 0.05) is 25.7 Å². The van der Waals surface area contributed by atoms with Crippen molar-refractivity contribution in [1.29, 1.82) is 0 Å². The Bertz CT molecular complexity index is 1170. The number of likely N-dealkylation sites (tertiary alicyclic amines) is 1. The second-order valence-electron chi connectivity index (χ2n) is 12.9. The van der Waals surface area contributed by atoms with Crippen molar-refractivity contribution in [3.63, 3.8) is 0 Å². The normalized spacial score (nSPS) is 28.7. The number of carbonyl (C=O) groups excluding carboxylic acids is 3. The van der Waals surface area contributed by atoms with Crippen LogP contribution in [0.2, 0.25) is 0 Å². The standard InChI is InChI=1S/C34H49N3O5/c1-8-18-35(21-25-14-12-11-13-15-25)30(39)27-28-31(40)37(26(22-38)20-23(4)5)29(32(41)36(19-9-2)24(6)7)34(28)17-16-33(27,10-3)42-34/h8-9,11-15,23-24,26-29,38H,1-2,10,16-22H2,3-7H3/t26-,27+,28+,29?,33-,34?/m1/s1. The van der Waals surface area contributed by atoms with Crippen LogP contribution in [-0.2, 0) is 25.7 Å². The Kier molecular flexibility index (Phi) is 9.68. The smallest absolute Gasteiger partial charge is 0.248 e. The molecule has 4 rings (SSSR count). The molecular formula is C34H49N3O5. The fourth-order valence-electron chi connectivity index (χ4n) is 7.76.